The normalized spacial score (nSPS) is 12.7. The Morgan fingerprint density at radius 1 is 1.32 bits per heavy atom. The van der Waals surface area contributed by atoms with Crippen LogP contribution in [0.15, 0.2) is 18.2 Å². The van der Waals surface area contributed by atoms with Crippen LogP contribution in [0.3, 0.4) is 0 Å². The van der Waals surface area contributed by atoms with Gasteiger partial charge in [-0.15, -0.1) is 0 Å². The van der Waals surface area contributed by atoms with Crippen molar-refractivity contribution in [3.63, 3.8) is 0 Å². The van der Waals surface area contributed by atoms with Gasteiger partial charge in [0.25, 0.3) is 0 Å². The number of nitrogens with one attached hydrogen (secondary N) is 1. The van der Waals surface area contributed by atoms with Crippen molar-refractivity contribution in [1.82, 2.24) is 9.36 Å². The predicted octanol–water partition coefficient (Wildman–Crippen LogP) is 2.48. The number of anilines is 1. The van der Waals surface area contributed by atoms with Gasteiger partial charge in [-0.2, -0.15) is 4.37 Å². The molecule has 6 heteroatoms. The first-order valence-corrected chi connectivity index (χ1v) is 7.07. The molecule has 2 heterocycles. The number of aromatic nitrogens is 2. The Hall–Kier alpha value is -1.82. The van der Waals surface area contributed by atoms with E-state index >= 15 is 0 Å². The van der Waals surface area contributed by atoms with Crippen molar-refractivity contribution in [2.45, 2.75) is 19.8 Å². The summed E-state index contributed by atoms with van der Waals surface area (Å²) in [6.45, 7) is 3.21. The maximum absolute atomic E-state index is 5.36. The largest absolute Gasteiger partial charge is 0.454 e. The molecule has 0 bridgehead atoms. The molecule has 19 heavy (non-hydrogen) atoms. The van der Waals surface area contributed by atoms with Gasteiger partial charge in [0, 0.05) is 24.5 Å². The first-order chi connectivity index (χ1) is 9.35. The van der Waals surface area contributed by atoms with Crippen LogP contribution in [0.1, 0.15) is 18.3 Å². The monoisotopic (exact) mass is 277 g/mol. The zero-order valence-corrected chi connectivity index (χ0v) is 11.5. The van der Waals surface area contributed by atoms with E-state index in [2.05, 4.69) is 27.7 Å². The Bertz CT molecular complexity index is 571. The summed E-state index contributed by atoms with van der Waals surface area (Å²) >= 11 is 1.41. The molecule has 3 rings (SSSR count). The summed E-state index contributed by atoms with van der Waals surface area (Å²) in [7, 11) is 0. The average molecular weight is 277 g/mol. The fourth-order valence-electron chi connectivity index (χ4n) is 1.88. The molecule has 0 saturated carbocycles. The summed E-state index contributed by atoms with van der Waals surface area (Å²) < 4.78 is 14.9. The van der Waals surface area contributed by atoms with Crippen molar-refractivity contribution < 1.29 is 9.47 Å². The minimum atomic E-state index is 0.321. The Morgan fingerprint density at radius 3 is 3.05 bits per heavy atom. The SMILES string of the molecule is CCc1nsc(NCCc2ccc3c(c2)OCO3)n1. The Kier molecular flexibility index (Phi) is 3.50. The summed E-state index contributed by atoms with van der Waals surface area (Å²) in [6, 6.07) is 6.05. The maximum Gasteiger partial charge on any atom is 0.231 e. The van der Waals surface area contributed by atoms with Gasteiger partial charge in [0.1, 0.15) is 5.82 Å². The van der Waals surface area contributed by atoms with E-state index in [9.17, 15) is 0 Å². The van der Waals surface area contributed by atoms with Crippen LogP contribution in [-0.4, -0.2) is 22.7 Å². The van der Waals surface area contributed by atoms with Crippen LogP contribution in [0.25, 0.3) is 0 Å². The van der Waals surface area contributed by atoms with Gasteiger partial charge in [-0.05, 0) is 24.1 Å². The highest BCUT2D eigenvalue weighted by Crippen LogP contribution is 2.32. The van der Waals surface area contributed by atoms with E-state index in [1.165, 1.54) is 17.1 Å². The van der Waals surface area contributed by atoms with E-state index in [4.69, 9.17) is 9.47 Å². The van der Waals surface area contributed by atoms with Gasteiger partial charge in [0.05, 0.1) is 0 Å². The Labute approximate surface area is 115 Å². The fourth-order valence-corrected chi connectivity index (χ4v) is 2.55. The first kappa shape index (κ1) is 12.2. The highest BCUT2D eigenvalue weighted by atomic mass is 32.1. The standard InChI is InChI=1S/C13H15N3O2S/c1-2-12-15-13(19-16-12)14-6-5-9-3-4-10-11(7-9)18-8-17-10/h3-4,7H,2,5-6,8H2,1H3,(H,14,15,16). The topological polar surface area (TPSA) is 56.3 Å². The van der Waals surface area contributed by atoms with E-state index in [1.807, 2.05) is 12.1 Å². The van der Waals surface area contributed by atoms with Crippen molar-refractivity contribution in [2.75, 3.05) is 18.7 Å². The molecule has 1 aliphatic rings. The van der Waals surface area contributed by atoms with Crippen LogP contribution < -0.4 is 14.8 Å². The molecule has 0 amide bonds. The lowest BCUT2D eigenvalue weighted by Gasteiger charge is -2.04. The molecule has 2 aromatic rings. The number of ether oxygens (including phenoxy) is 2. The molecule has 0 unspecified atom stereocenters. The summed E-state index contributed by atoms with van der Waals surface area (Å²) in [5.74, 6) is 2.56. The van der Waals surface area contributed by atoms with Crippen molar-refractivity contribution in [3.05, 3.63) is 29.6 Å². The van der Waals surface area contributed by atoms with Crippen LogP contribution in [0.5, 0.6) is 11.5 Å². The van der Waals surface area contributed by atoms with E-state index < -0.39 is 0 Å². The van der Waals surface area contributed by atoms with Crippen LogP contribution in [-0.2, 0) is 12.8 Å². The molecule has 100 valence electrons. The van der Waals surface area contributed by atoms with Crippen molar-refractivity contribution >= 4 is 16.7 Å². The highest BCUT2D eigenvalue weighted by molar-refractivity contribution is 7.09. The van der Waals surface area contributed by atoms with Gasteiger partial charge in [-0.1, -0.05) is 13.0 Å². The Morgan fingerprint density at radius 2 is 2.21 bits per heavy atom. The summed E-state index contributed by atoms with van der Waals surface area (Å²) in [6.07, 6.45) is 1.79. The minimum Gasteiger partial charge on any atom is -0.454 e. The number of fused-ring (bicyclic) bond motifs is 1. The average Bonchev–Trinajstić information content (AvgIpc) is 3.06. The first-order valence-electron chi connectivity index (χ1n) is 6.30. The Balaban J connectivity index is 1.54. The molecule has 0 aliphatic carbocycles. The second-order valence-corrected chi connectivity index (χ2v) is 4.99. The third-order valence-corrected chi connectivity index (χ3v) is 3.62. The van der Waals surface area contributed by atoms with E-state index in [0.29, 0.717) is 6.79 Å². The van der Waals surface area contributed by atoms with Crippen LogP contribution in [0.2, 0.25) is 0 Å². The smallest absolute Gasteiger partial charge is 0.231 e. The van der Waals surface area contributed by atoms with E-state index in [-0.39, 0.29) is 0 Å². The number of rotatable bonds is 5. The third kappa shape index (κ3) is 2.78. The zero-order chi connectivity index (χ0) is 13.1. The molecular weight excluding hydrogens is 262 g/mol. The van der Waals surface area contributed by atoms with E-state index in [1.54, 1.807) is 0 Å². The molecule has 0 radical (unpaired) electrons. The molecular formula is C13H15N3O2S. The zero-order valence-electron chi connectivity index (χ0n) is 10.7. The van der Waals surface area contributed by atoms with Crippen molar-refractivity contribution in [1.29, 1.82) is 0 Å². The number of benzene rings is 1. The lowest BCUT2D eigenvalue weighted by molar-refractivity contribution is 0.174. The predicted molar refractivity (Wildman–Crippen MR) is 74.0 cm³/mol. The minimum absolute atomic E-state index is 0.321. The number of hydrogen-bond acceptors (Lipinski definition) is 6. The van der Waals surface area contributed by atoms with Crippen LogP contribution in [0.4, 0.5) is 5.13 Å². The van der Waals surface area contributed by atoms with Gasteiger partial charge in [-0.3, -0.25) is 0 Å². The van der Waals surface area contributed by atoms with Crippen LogP contribution in [0, 0.1) is 0 Å². The molecule has 1 aromatic heterocycles. The van der Waals surface area contributed by atoms with Gasteiger partial charge in [0.2, 0.25) is 11.9 Å². The number of aryl methyl sites for hydroxylation is 1. The van der Waals surface area contributed by atoms with Crippen LogP contribution >= 0.6 is 11.5 Å². The quantitative estimate of drug-likeness (QED) is 0.910. The van der Waals surface area contributed by atoms with Gasteiger partial charge < -0.3 is 14.8 Å². The molecule has 0 saturated heterocycles. The van der Waals surface area contributed by atoms with E-state index in [0.717, 1.165) is 41.8 Å². The lowest BCUT2D eigenvalue weighted by Crippen LogP contribution is -2.04. The van der Waals surface area contributed by atoms with Crippen molar-refractivity contribution in [3.8, 4) is 11.5 Å². The molecule has 0 atom stereocenters. The van der Waals surface area contributed by atoms with Gasteiger partial charge >= 0.3 is 0 Å². The summed E-state index contributed by atoms with van der Waals surface area (Å²) in [5.41, 5.74) is 1.22. The number of nitrogens with zero attached hydrogens (tertiary/aromatic N) is 2. The molecule has 1 aromatic carbocycles. The van der Waals surface area contributed by atoms with Gasteiger partial charge in [-0.25, -0.2) is 4.98 Å². The molecule has 0 fully saturated rings. The summed E-state index contributed by atoms with van der Waals surface area (Å²) in [5, 5.41) is 4.18. The number of hydrogen-bond donors (Lipinski definition) is 1. The highest BCUT2D eigenvalue weighted by Gasteiger charge is 2.12. The molecule has 0 spiro atoms. The third-order valence-electron chi connectivity index (χ3n) is 2.91. The molecule has 5 nitrogen and oxygen atoms in total. The maximum atomic E-state index is 5.36. The molecule has 1 aliphatic heterocycles. The van der Waals surface area contributed by atoms with Gasteiger partial charge in [0.15, 0.2) is 11.5 Å². The molecule has 1 N–H and O–H groups in total. The fraction of sp³-hybridized carbons (Fsp3) is 0.385. The second kappa shape index (κ2) is 5.44. The van der Waals surface area contributed by atoms with Crippen molar-refractivity contribution in [2.24, 2.45) is 0 Å². The second-order valence-electron chi connectivity index (χ2n) is 4.23. The lowest BCUT2D eigenvalue weighted by atomic mass is 10.1. The summed E-state index contributed by atoms with van der Waals surface area (Å²) in [4.78, 5) is 4.37.